The number of halogens is 3. The zero-order valence-electron chi connectivity index (χ0n) is 9.84. The molecular weight excluding hydrogens is 328 g/mol. The molecule has 0 aromatic heterocycles. The van der Waals surface area contributed by atoms with Crippen LogP contribution in [0, 0.1) is 11.6 Å². The fourth-order valence-corrected chi connectivity index (χ4v) is 3.10. The first kappa shape index (κ1) is 15.4. The van der Waals surface area contributed by atoms with Crippen LogP contribution in [0.4, 0.5) is 14.5 Å². The van der Waals surface area contributed by atoms with Gasteiger partial charge in [-0.2, -0.15) is 0 Å². The molecule has 0 radical (unpaired) electrons. The lowest BCUT2D eigenvalue weighted by Gasteiger charge is -2.09. The highest BCUT2D eigenvalue weighted by Gasteiger charge is 2.12. The summed E-state index contributed by atoms with van der Waals surface area (Å²) in [6, 6.07) is 2.23. The van der Waals surface area contributed by atoms with E-state index in [0.29, 0.717) is 10.9 Å². The van der Waals surface area contributed by atoms with Gasteiger partial charge in [-0.1, -0.05) is 22.9 Å². The van der Waals surface area contributed by atoms with E-state index in [1.165, 1.54) is 0 Å². The predicted molar refractivity (Wildman–Crippen MR) is 71.5 cm³/mol. The van der Waals surface area contributed by atoms with Crippen LogP contribution in [0.5, 0.6) is 0 Å². The first-order chi connectivity index (χ1) is 8.35. The van der Waals surface area contributed by atoms with E-state index >= 15 is 0 Å². The molecule has 7 heteroatoms. The van der Waals surface area contributed by atoms with Gasteiger partial charge in [-0.25, -0.2) is 17.2 Å². The van der Waals surface area contributed by atoms with Crippen LogP contribution >= 0.6 is 15.9 Å². The Morgan fingerprint density at radius 2 is 1.78 bits per heavy atom. The topological polar surface area (TPSA) is 46.2 Å². The zero-order chi connectivity index (χ0) is 13.8. The van der Waals surface area contributed by atoms with Crippen molar-refractivity contribution in [2.75, 3.05) is 23.4 Å². The lowest BCUT2D eigenvalue weighted by Crippen LogP contribution is -2.19. The van der Waals surface area contributed by atoms with Gasteiger partial charge in [0.2, 0.25) is 0 Å². The fraction of sp³-hybridized carbons (Fsp3) is 0.455. The van der Waals surface area contributed by atoms with E-state index in [2.05, 4.69) is 21.2 Å². The first-order valence-electron chi connectivity index (χ1n) is 5.44. The highest BCUT2D eigenvalue weighted by atomic mass is 79.9. The third-order valence-corrected chi connectivity index (χ3v) is 4.55. The Bertz CT molecular complexity index is 497. The summed E-state index contributed by atoms with van der Waals surface area (Å²) >= 11 is 2.96. The summed E-state index contributed by atoms with van der Waals surface area (Å²) in [5, 5.41) is 2.47. The van der Waals surface area contributed by atoms with Crippen LogP contribution in [0.15, 0.2) is 16.6 Å². The van der Waals surface area contributed by atoms with Gasteiger partial charge in [0.25, 0.3) is 0 Å². The second-order valence-corrected chi connectivity index (χ2v) is 7.04. The number of rotatable bonds is 6. The molecule has 0 spiro atoms. The van der Waals surface area contributed by atoms with Crippen molar-refractivity contribution in [3.63, 3.8) is 0 Å². The van der Waals surface area contributed by atoms with Crippen LogP contribution in [-0.2, 0) is 9.84 Å². The van der Waals surface area contributed by atoms with E-state index in [9.17, 15) is 17.2 Å². The van der Waals surface area contributed by atoms with Crippen LogP contribution in [0.1, 0.15) is 13.3 Å². The van der Waals surface area contributed by atoms with Crippen molar-refractivity contribution in [1.82, 2.24) is 0 Å². The summed E-state index contributed by atoms with van der Waals surface area (Å²) in [4.78, 5) is 0. The van der Waals surface area contributed by atoms with Gasteiger partial charge in [-0.05, 0) is 18.6 Å². The van der Waals surface area contributed by atoms with Crippen molar-refractivity contribution in [2.45, 2.75) is 13.3 Å². The maximum Gasteiger partial charge on any atom is 0.152 e. The van der Waals surface area contributed by atoms with Gasteiger partial charge >= 0.3 is 0 Å². The van der Waals surface area contributed by atoms with Crippen molar-refractivity contribution in [3.05, 3.63) is 28.2 Å². The minimum Gasteiger partial charge on any atom is -0.379 e. The van der Waals surface area contributed by atoms with E-state index in [-0.39, 0.29) is 23.7 Å². The molecule has 0 bridgehead atoms. The third kappa shape index (κ3) is 4.53. The van der Waals surface area contributed by atoms with Crippen molar-refractivity contribution >= 4 is 31.5 Å². The normalized spacial score (nSPS) is 11.6. The molecule has 0 aliphatic heterocycles. The van der Waals surface area contributed by atoms with E-state index in [1.54, 1.807) is 6.92 Å². The number of hydrogen-bond acceptors (Lipinski definition) is 3. The fourth-order valence-electron chi connectivity index (χ4n) is 1.46. The highest BCUT2D eigenvalue weighted by molar-refractivity contribution is 9.10. The Hall–Kier alpha value is -0.690. The van der Waals surface area contributed by atoms with Gasteiger partial charge in [0.1, 0.15) is 17.3 Å². The van der Waals surface area contributed by atoms with E-state index in [1.807, 2.05) is 0 Å². The van der Waals surface area contributed by atoms with Gasteiger partial charge in [-0.3, -0.25) is 0 Å². The zero-order valence-corrected chi connectivity index (χ0v) is 12.2. The summed E-state index contributed by atoms with van der Waals surface area (Å²) in [5.74, 6) is -1.57. The Labute approximate surface area is 114 Å². The van der Waals surface area contributed by atoms with Gasteiger partial charge < -0.3 is 5.32 Å². The molecule has 0 fully saturated rings. The molecule has 1 N–H and O–H groups in total. The van der Waals surface area contributed by atoms with Crippen molar-refractivity contribution < 1.29 is 17.2 Å². The highest BCUT2D eigenvalue weighted by Crippen LogP contribution is 2.23. The smallest absolute Gasteiger partial charge is 0.152 e. The second kappa shape index (κ2) is 6.47. The Morgan fingerprint density at radius 3 is 2.28 bits per heavy atom. The average molecular weight is 342 g/mol. The first-order valence-corrected chi connectivity index (χ1v) is 8.06. The van der Waals surface area contributed by atoms with Crippen molar-refractivity contribution in [1.29, 1.82) is 0 Å². The van der Waals surface area contributed by atoms with Crippen LogP contribution < -0.4 is 5.32 Å². The lowest BCUT2D eigenvalue weighted by molar-refractivity contribution is 0.584. The van der Waals surface area contributed by atoms with Crippen LogP contribution in [0.3, 0.4) is 0 Å². The number of nitrogens with one attached hydrogen (secondary N) is 1. The molecule has 1 rings (SSSR count). The van der Waals surface area contributed by atoms with E-state index in [4.69, 9.17) is 0 Å². The standard InChI is InChI=1S/C11H14BrF2NO2S/c1-2-4-18(16,17)5-3-15-11-9(13)6-8(12)7-10(11)14/h6-7,15H,2-5H2,1H3. The minimum atomic E-state index is -3.15. The molecule has 0 aliphatic carbocycles. The maximum absolute atomic E-state index is 13.4. The molecular formula is C11H14BrF2NO2S. The van der Waals surface area contributed by atoms with E-state index < -0.39 is 21.5 Å². The molecule has 102 valence electrons. The number of sulfone groups is 1. The van der Waals surface area contributed by atoms with E-state index in [0.717, 1.165) is 12.1 Å². The van der Waals surface area contributed by atoms with Crippen LogP contribution in [0.2, 0.25) is 0 Å². The number of anilines is 1. The maximum atomic E-state index is 13.4. The quantitative estimate of drug-likeness (QED) is 0.865. The molecule has 1 aromatic carbocycles. The third-order valence-electron chi connectivity index (χ3n) is 2.24. The molecule has 0 saturated heterocycles. The van der Waals surface area contributed by atoms with Crippen LogP contribution in [-0.4, -0.2) is 26.5 Å². The van der Waals surface area contributed by atoms with Gasteiger partial charge in [-0.15, -0.1) is 0 Å². The van der Waals surface area contributed by atoms with Crippen molar-refractivity contribution in [2.24, 2.45) is 0 Å². The van der Waals surface area contributed by atoms with Gasteiger partial charge in [0, 0.05) is 16.8 Å². The molecule has 0 atom stereocenters. The molecule has 0 amide bonds. The molecule has 18 heavy (non-hydrogen) atoms. The predicted octanol–water partition coefficient (Wildman–Crippen LogP) is 2.96. The minimum absolute atomic E-state index is 0.0161. The Morgan fingerprint density at radius 1 is 1.22 bits per heavy atom. The molecule has 0 aliphatic rings. The van der Waals surface area contributed by atoms with Gasteiger partial charge in [0.05, 0.1) is 5.75 Å². The number of benzene rings is 1. The molecule has 0 saturated carbocycles. The van der Waals surface area contributed by atoms with Gasteiger partial charge in [0.15, 0.2) is 9.84 Å². The van der Waals surface area contributed by atoms with Crippen LogP contribution in [0.25, 0.3) is 0 Å². The molecule has 1 aromatic rings. The largest absolute Gasteiger partial charge is 0.379 e. The van der Waals surface area contributed by atoms with Crippen molar-refractivity contribution in [3.8, 4) is 0 Å². The molecule has 0 heterocycles. The number of hydrogen-bond donors (Lipinski definition) is 1. The summed E-state index contributed by atoms with van der Waals surface area (Å²) in [7, 11) is -3.15. The second-order valence-electron chi connectivity index (χ2n) is 3.82. The summed E-state index contributed by atoms with van der Waals surface area (Å²) in [5.41, 5.74) is -0.301. The average Bonchev–Trinajstić information content (AvgIpc) is 2.21. The summed E-state index contributed by atoms with van der Waals surface area (Å²) in [6.45, 7) is 1.75. The summed E-state index contributed by atoms with van der Waals surface area (Å²) < 4.78 is 49.9. The monoisotopic (exact) mass is 341 g/mol. The SMILES string of the molecule is CCCS(=O)(=O)CCNc1c(F)cc(Br)cc1F. The Kier molecular flexibility index (Phi) is 5.52. The summed E-state index contributed by atoms with van der Waals surface area (Å²) in [6.07, 6.45) is 0.531. The lowest BCUT2D eigenvalue weighted by atomic mass is 10.3. The molecule has 0 unspecified atom stereocenters. The molecule has 3 nitrogen and oxygen atoms in total. The Balaban J connectivity index is 2.65.